The molecule has 0 amide bonds. The van der Waals surface area contributed by atoms with Gasteiger partial charge in [0.1, 0.15) is 12.3 Å². The number of benzene rings is 1. The van der Waals surface area contributed by atoms with E-state index in [0.29, 0.717) is 36.7 Å². The van der Waals surface area contributed by atoms with Crippen molar-refractivity contribution in [2.24, 2.45) is 4.99 Å². The second-order valence-electron chi connectivity index (χ2n) is 5.80. The van der Waals surface area contributed by atoms with Crippen molar-refractivity contribution >= 4 is 34.8 Å². The fraction of sp³-hybridized carbons (Fsp3) is 0.235. The van der Waals surface area contributed by atoms with Crippen molar-refractivity contribution in [1.82, 2.24) is 9.88 Å². The van der Waals surface area contributed by atoms with Gasteiger partial charge in [-0.05, 0) is 12.1 Å². The van der Waals surface area contributed by atoms with Gasteiger partial charge < -0.3 is 21.1 Å². The van der Waals surface area contributed by atoms with Gasteiger partial charge in [0.25, 0.3) is 0 Å². The van der Waals surface area contributed by atoms with E-state index in [1.165, 1.54) is 11.3 Å². The lowest BCUT2D eigenvalue weighted by Crippen LogP contribution is -2.43. The van der Waals surface area contributed by atoms with Gasteiger partial charge in [-0.1, -0.05) is 6.07 Å². The minimum atomic E-state index is -0.495. The highest BCUT2D eigenvalue weighted by molar-refractivity contribution is 7.11. The number of nitrogen functional groups attached to an aromatic ring is 2. The van der Waals surface area contributed by atoms with E-state index in [1.54, 1.807) is 18.3 Å². The second-order valence-corrected chi connectivity index (χ2v) is 6.70. The molecule has 1 atom stereocenters. The maximum Gasteiger partial charge on any atom is 0.165 e. The van der Waals surface area contributed by atoms with Gasteiger partial charge in [0.2, 0.25) is 0 Å². The molecule has 0 aliphatic carbocycles. The Balaban J connectivity index is 1.89. The predicted molar refractivity (Wildman–Crippen MR) is 97.3 cm³/mol. The molecule has 0 bridgehead atoms. The fourth-order valence-corrected chi connectivity index (χ4v) is 3.79. The number of amidine groups is 1. The molecule has 4 rings (SSSR count). The number of ether oxygens (including phenoxy) is 1. The van der Waals surface area contributed by atoms with E-state index in [-0.39, 0.29) is 0 Å². The lowest BCUT2D eigenvalue weighted by molar-refractivity contribution is -0.105. The number of aldehydes is 1. The maximum absolute atomic E-state index is 11.9. The number of aromatic nitrogens is 1. The molecule has 7 nitrogen and oxygen atoms in total. The fourth-order valence-electron chi connectivity index (χ4n) is 3.15. The lowest BCUT2D eigenvalue weighted by atomic mass is 9.94. The van der Waals surface area contributed by atoms with E-state index in [1.807, 2.05) is 16.3 Å². The van der Waals surface area contributed by atoms with E-state index >= 15 is 0 Å². The van der Waals surface area contributed by atoms with Crippen molar-refractivity contribution in [3.05, 3.63) is 51.6 Å². The largest absolute Gasteiger partial charge is 0.399 e. The van der Waals surface area contributed by atoms with Crippen molar-refractivity contribution < 1.29 is 9.53 Å². The quantitative estimate of drug-likeness (QED) is 0.640. The van der Waals surface area contributed by atoms with E-state index in [9.17, 15) is 4.79 Å². The Hall–Kier alpha value is -2.71. The Labute approximate surface area is 148 Å². The highest BCUT2D eigenvalue weighted by Crippen LogP contribution is 2.38. The first-order chi connectivity index (χ1) is 12.2. The zero-order valence-corrected chi connectivity index (χ0v) is 14.2. The summed E-state index contributed by atoms with van der Waals surface area (Å²) in [6.45, 7) is 1.58. The van der Waals surface area contributed by atoms with Crippen LogP contribution in [0.4, 0.5) is 11.4 Å². The van der Waals surface area contributed by atoms with Crippen LogP contribution in [-0.2, 0) is 9.53 Å². The molecular weight excluding hydrogens is 338 g/mol. The number of anilines is 2. The van der Waals surface area contributed by atoms with Crippen LogP contribution in [0.1, 0.15) is 16.6 Å². The van der Waals surface area contributed by atoms with Crippen LogP contribution in [0.3, 0.4) is 0 Å². The summed E-state index contributed by atoms with van der Waals surface area (Å²) >= 11 is 1.51. The summed E-state index contributed by atoms with van der Waals surface area (Å²) in [6.07, 6.45) is 2.59. The maximum atomic E-state index is 11.9. The number of aliphatic imine (C=N–C) groups is 1. The number of rotatable bonds is 3. The summed E-state index contributed by atoms with van der Waals surface area (Å²) in [5.74, 6) is 0.750. The highest BCUT2D eigenvalue weighted by atomic mass is 32.1. The molecule has 2 aliphatic rings. The number of nitrogens with two attached hydrogens (primary N) is 2. The monoisotopic (exact) mass is 355 g/mol. The number of morpholine rings is 1. The van der Waals surface area contributed by atoms with Crippen molar-refractivity contribution in [3.8, 4) is 0 Å². The number of carbonyl (C=O) groups excluding carboxylic acids is 1. The molecule has 8 heteroatoms. The standard InChI is InChI=1S/C17H17N5O2S/c18-10-1-2-11(13(19)7-10)15-12(8-23)14-9-24-5-4-22(14)16(21-15)17-20-3-6-25-17/h1-3,6-8,15H,4-5,9,18-19H2. The molecule has 1 unspecified atom stereocenters. The van der Waals surface area contributed by atoms with Crippen LogP contribution in [0.5, 0.6) is 0 Å². The Kier molecular flexibility index (Phi) is 3.98. The van der Waals surface area contributed by atoms with Crippen LogP contribution >= 0.6 is 11.3 Å². The molecule has 1 aromatic carbocycles. The average molecular weight is 355 g/mol. The zero-order chi connectivity index (χ0) is 17.4. The zero-order valence-electron chi connectivity index (χ0n) is 13.4. The van der Waals surface area contributed by atoms with Crippen LogP contribution in [0.25, 0.3) is 0 Å². The van der Waals surface area contributed by atoms with Crippen LogP contribution in [0, 0.1) is 0 Å². The van der Waals surface area contributed by atoms with Gasteiger partial charge in [0.15, 0.2) is 10.8 Å². The smallest absolute Gasteiger partial charge is 0.165 e. The lowest BCUT2D eigenvalue weighted by Gasteiger charge is -2.37. The molecule has 25 heavy (non-hydrogen) atoms. The Morgan fingerprint density at radius 2 is 2.24 bits per heavy atom. The number of carbonyl (C=O) groups is 1. The number of thiazole rings is 1. The second kappa shape index (κ2) is 6.30. The molecule has 2 aromatic rings. The van der Waals surface area contributed by atoms with Crippen LogP contribution < -0.4 is 11.5 Å². The molecule has 3 heterocycles. The SMILES string of the molecule is Nc1ccc(C2N=C(c3nccs3)N3CCOCC3=C2C=O)c(N)c1. The minimum absolute atomic E-state index is 0.365. The van der Waals surface area contributed by atoms with Gasteiger partial charge in [-0.2, -0.15) is 0 Å². The molecule has 0 saturated carbocycles. The predicted octanol–water partition coefficient (Wildman–Crippen LogP) is 1.59. The Morgan fingerprint density at radius 3 is 2.96 bits per heavy atom. The molecular formula is C17H17N5O2S. The first-order valence-electron chi connectivity index (χ1n) is 7.85. The van der Waals surface area contributed by atoms with Crippen LogP contribution in [0.15, 0.2) is 46.0 Å². The number of hydrogen-bond acceptors (Lipinski definition) is 8. The molecule has 128 valence electrons. The summed E-state index contributed by atoms with van der Waals surface area (Å²) in [5, 5.41) is 2.71. The third-order valence-corrected chi connectivity index (χ3v) is 5.08. The molecule has 4 N–H and O–H groups in total. The Bertz CT molecular complexity index is 875. The summed E-state index contributed by atoms with van der Waals surface area (Å²) in [4.78, 5) is 23.1. The van der Waals surface area contributed by atoms with E-state index in [2.05, 4.69) is 4.98 Å². The summed E-state index contributed by atoms with van der Waals surface area (Å²) < 4.78 is 5.59. The first kappa shape index (κ1) is 15.8. The van der Waals surface area contributed by atoms with Gasteiger partial charge >= 0.3 is 0 Å². The van der Waals surface area contributed by atoms with E-state index in [4.69, 9.17) is 21.2 Å². The molecule has 0 spiro atoms. The molecule has 1 aromatic heterocycles. The van der Waals surface area contributed by atoms with Gasteiger partial charge in [-0.15, -0.1) is 11.3 Å². The van der Waals surface area contributed by atoms with Crippen LogP contribution in [0.2, 0.25) is 0 Å². The van der Waals surface area contributed by atoms with Gasteiger partial charge in [0, 0.05) is 40.6 Å². The van der Waals surface area contributed by atoms with Crippen molar-refractivity contribution in [2.75, 3.05) is 31.2 Å². The summed E-state index contributed by atoms with van der Waals surface area (Å²) in [5.41, 5.74) is 15.2. The van der Waals surface area contributed by atoms with E-state index in [0.717, 1.165) is 28.4 Å². The third-order valence-electron chi connectivity index (χ3n) is 4.31. The minimum Gasteiger partial charge on any atom is -0.399 e. The topological polar surface area (TPSA) is 107 Å². The molecule has 2 aliphatic heterocycles. The Morgan fingerprint density at radius 1 is 1.36 bits per heavy atom. The number of nitrogens with zero attached hydrogens (tertiary/aromatic N) is 3. The molecule has 0 radical (unpaired) electrons. The molecule has 1 fully saturated rings. The normalized spacial score (nSPS) is 20.2. The molecule has 1 saturated heterocycles. The van der Waals surface area contributed by atoms with Gasteiger partial charge in [-0.25, -0.2) is 4.98 Å². The van der Waals surface area contributed by atoms with Crippen molar-refractivity contribution in [1.29, 1.82) is 0 Å². The number of hydrogen-bond donors (Lipinski definition) is 2. The first-order valence-corrected chi connectivity index (χ1v) is 8.73. The number of fused-ring (bicyclic) bond motifs is 1. The summed E-state index contributed by atoms with van der Waals surface area (Å²) in [6, 6.07) is 4.78. The highest BCUT2D eigenvalue weighted by Gasteiger charge is 2.35. The van der Waals surface area contributed by atoms with E-state index < -0.39 is 6.04 Å². The average Bonchev–Trinajstić information content (AvgIpc) is 3.15. The van der Waals surface area contributed by atoms with Crippen molar-refractivity contribution in [2.45, 2.75) is 6.04 Å². The summed E-state index contributed by atoms with van der Waals surface area (Å²) in [7, 11) is 0. The van der Waals surface area contributed by atoms with Gasteiger partial charge in [0.05, 0.1) is 18.9 Å². The van der Waals surface area contributed by atoms with Gasteiger partial charge in [-0.3, -0.25) is 9.79 Å². The van der Waals surface area contributed by atoms with Crippen LogP contribution in [-0.4, -0.2) is 41.8 Å². The van der Waals surface area contributed by atoms with Crippen molar-refractivity contribution in [3.63, 3.8) is 0 Å². The third kappa shape index (κ3) is 2.69.